The van der Waals surface area contributed by atoms with E-state index < -0.39 is 0 Å². The van der Waals surface area contributed by atoms with Crippen LogP contribution in [0.25, 0.3) is 0 Å². The van der Waals surface area contributed by atoms with Gasteiger partial charge in [0.1, 0.15) is 0 Å². The van der Waals surface area contributed by atoms with Crippen LogP contribution < -0.4 is 5.32 Å². The van der Waals surface area contributed by atoms with Crippen LogP contribution in [0, 0.1) is 11.3 Å². The van der Waals surface area contributed by atoms with Crippen LogP contribution in [0.3, 0.4) is 0 Å². The second-order valence-corrected chi connectivity index (χ2v) is 5.69. The summed E-state index contributed by atoms with van der Waals surface area (Å²) in [5, 5.41) is 13.3. The van der Waals surface area contributed by atoms with Crippen molar-refractivity contribution in [3.8, 4) is 0 Å². The van der Waals surface area contributed by atoms with Crippen LogP contribution in [0.2, 0.25) is 0 Å². The van der Waals surface area contributed by atoms with E-state index >= 15 is 0 Å². The van der Waals surface area contributed by atoms with E-state index in [2.05, 4.69) is 26.1 Å². The largest absolute Gasteiger partial charge is 0.391 e. The fourth-order valence-electron chi connectivity index (χ4n) is 1.61. The van der Waals surface area contributed by atoms with E-state index in [0.29, 0.717) is 12.6 Å². The number of nitrogens with one attached hydrogen (secondary N) is 1. The van der Waals surface area contributed by atoms with Crippen LogP contribution in [-0.4, -0.2) is 37.5 Å². The van der Waals surface area contributed by atoms with Gasteiger partial charge in [0.05, 0.1) is 12.7 Å². The summed E-state index contributed by atoms with van der Waals surface area (Å²) in [5.74, 6) is 0.761. The lowest BCUT2D eigenvalue weighted by atomic mass is 9.89. The SMILES string of the molecule is COCC(NCC(O)C(C)(C)C)C1CC1. The highest BCUT2D eigenvalue weighted by atomic mass is 16.5. The van der Waals surface area contributed by atoms with Crippen molar-refractivity contribution in [1.82, 2.24) is 5.32 Å². The van der Waals surface area contributed by atoms with Gasteiger partial charge in [-0.25, -0.2) is 0 Å². The highest BCUT2D eigenvalue weighted by Gasteiger charge is 2.32. The van der Waals surface area contributed by atoms with E-state index in [1.807, 2.05) is 0 Å². The van der Waals surface area contributed by atoms with Gasteiger partial charge >= 0.3 is 0 Å². The zero-order valence-electron chi connectivity index (χ0n) is 10.4. The van der Waals surface area contributed by atoms with Gasteiger partial charge in [-0.05, 0) is 24.2 Å². The smallest absolute Gasteiger partial charge is 0.0712 e. The Morgan fingerprint density at radius 3 is 2.40 bits per heavy atom. The van der Waals surface area contributed by atoms with Gasteiger partial charge in [-0.3, -0.25) is 0 Å². The zero-order valence-corrected chi connectivity index (χ0v) is 10.4. The van der Waals surface area contributed by atoms with Gasteiger partial charge in [-0.2, -0.15) is 0 Å². The topological polar surface area (TPSA) is 41.5 Å². The summed E-state index contributed by atoms with van der Waals surface area (Å²) in [5.41, 5.74) is -0.0474. The Morgan fingerprint density at radius 1 is 1.40 bits per heavy atom. The molecule has 0 spiro atoms. The fraction of sp³-hybridized carbons (Fsp3) is 1.00. The Kier molecular flexibility index (Phi) is 4.56. The normalized spacial score (nSPS) is 21.4. The summed E-state index contributed by atoms with van der Waals surface area (Å²) < 4.78 is 5.18. The van der Waals surface area contributed by atoms with Crippen molar-refractivity contribution < 1.29 is 9.84 Å². The molecule has 0 heterocycles. The van der Waals surface area contributed by atoms with E-state index in [1.165, 1.54) is 12.8 Å². The van der Waals surface area contributed by atoms with Crippen LogP contribution in [0.5, 0.6) is 0 Å². The van der Waals surface area contributed by atoms with Gasteiger partial charge in [0.25, 0.3) is 0 Å². The Hall–Kier alpha value is -0.120. The van der Waals surface area contributed by atoms with E-state index in [-0.39, 0.29) is 11.5 Å². The number of hydrogen-bond acceptors (Lipinski definition) is 3. The molecule has 0 aliphatic heterocycles. The predicted octanol–water partition coefficient (Wildman–Crippen LogP) is 1.41. The van der Waals surface area contributed by atoms with Crippen LogP contribution in [-0.2, 0) is 4.74 Å². The molecule has 2 unspecified atom stereocenters. The monoisotopic (exact) mass is 215 g/mol. The van der Waals surface area contributed by atoms with E-state index in [4.69, 9.17) is 4.74 Å². The third-order valence-electron chi connectivity index (χ3n) is 3.11. The summed E-state index contributed by atoms with van der Waals surface area (Å²) in [6, 6.07) is 0.423. The van der Waals surface area contributed by atoms with Crippen LogP contribution in [0.1, 0.15) is 33.6 Å². The number of rotatable bonds is 6. The third kappa shape index (κ3) is 4.49. The fourth-order valence-corrected chi connectivity index (χ4v) is 1.61. The molecule has 2 N–H and O–H groups in total. The molecule has 1 saturated carbocycles. The molecule has 0 aromatic heterocycles. The van der Waals surface area contributed by atoms with E-state index in [0.717, 1.165) is 12.5 Å². The quantitative estimate of drug-likeness (QED) is 0.704. The van der Waals surface area contributed by atoms with Crippen molar-refractivity contribution in [2.75, 3.05) is 20.3 Å². The minimum atomic E-state index is -0.296. The predicted molar refractivity (Wildman–Crippen MR) is 61.9 cm³/mol. The molecular formula is C12H25NO2. The maximum Gasteiger partial charge on any atom is 0.0712 e. The van der Waals surface area contributed by atoms with Gasteiger partial charge in [-0.15, -0.1) is 0 Å². The minimum Gasteiger partial charge on any atom is -0.391 e. The molecule has 0 aromatic carbocycles. The zero-order chi connectivity index (χ0) is 11.5. The first-order valence-corrected chi connectivity index (χ1v) is 5.85. The molecule has 0 aromatic rings. The molecule has 0 saturated heterocycles. The van der Waals surface area contributed by atoms with Crippen molar-refractivity contribution in [2.24, 2.45) is 11.3 Å². The molecule has 3 nitrogen and oxygen atoms in total. The summed E-state index contributed by atoms with van der Waals surface area (Å²) in [6.45, 7) is 7.58. The summed E-state index contributed by atoms with van der Waals surface area (Å²) in [7, 11) is 1.73. The third-order valence-corrected chi connectivity index (χ3v) is 3.11. The minimum absolute atomic E-state index is 0.0474. The highest BCUT2D eigenvalue weighted by Crippen LogP contribution is 2.32. The molecular weight excluding hydrogens is 190 g/mol. The number of aliphatic hydroxyl groups is 1. The molecule has 1 aliphatic carbocycles. The lowest BCUT2D eigenvalue weighted by Crippen LogP contribution is -2.43. The van der Waals surface area contributed by atoms with Crippen LogP contribution >= 0.6 is 0 Å². The molecule has 1 fully saturated rings. The molecule has 2 atom stereocenters. The van der Waals surface area contributed by atoms with Gasteiger partial charge < -0.3 is 15.2 Å². The Balaban J connectivity index is 2.26. The first kappa shape index (κ1) is 12.9. The Labute approximate surface area is 93.2 Å². The molecule has 15 heavy (non-hydrogen) atoms. The van der Waals surface area contributed by atoms with Crippen molar-refractivity contribution in [2.45, 2.75) is 45.8 Å². The summed E-state index contributed by atoms with van der Waals surface area (Å²) in [6.07, 6.45) is 2.30. The molecule has 0 radical (unpaired) electrons. The van der Waals surface area contributed by atoms with Crippen molar-refractivity contribution in [1.29, 1.82) is 0 Å². The standard InChI is InChI=1S/C12H25NO2/c1-12(2,3)11(14)7-13-10(8-15-4)9-5-6-9/h9-11,13-14H,5-8H2,1-4H3. The molecule has 1 aliphatic rings. The first-order valence-electron chi connectivity index (χ1n) is 5.85. The van der Waals surface area contributed by atoms with E-state index in [1.54, 1.807) is 7.11 Å². The molecule has 0 amide bonds. The van der Waals surface area contributed by atoms with Crippen molar-refractivity contribution in [3.05, 3.63) is 0 Å². The molecule has 1 rings (SSSR count). The Morgan fingerprint density at radius 2 is 2.00 bits per heavy atom. The maximum atomic E-state index is 9.90. The first-order chi connectivity index (χ1) is 6.95. The molecule has 3 heteroatoms. The van der Waals surface area contributed by atoms with Crippen molar-refractivity contribution in [3.63, 3.8) is 0 Å². The number of hydrogen-bond donors (Lipinski definition) is 2. The van der Waals surface area contributed by atoms with Crippen LogP contribution in [0.15, 0.2) is 0 Å². The summed E-state index contributed by atoms with van der Waals surface area (Å²) >= 11 is 0. The van der Waals surface area contributed by atoms with Gasteiger partial charge in [0, 0.05) is 19.7 Å². The lowest BCUT2D eigenvalue weighted by Gasteiger charge is -2.28. The summed E-state index contributed by atoms with van der Waals surface area (Å²) in [4.78, 5) is 0. The number of ether oxygens (including phenoxy) is 1. The average Bonchev–Trinajstić information content (AvgIpc) is 2.93. The number of aliphatic hydroxyl groups excluding tert-OH is 1. The van der Waals surface area contributed by atoms with Gasteiger partial charge in [0.15, 0.2) is 0 Å². The maximum absolute atomic E-state index is 9.90. The number of methoxy groups -OCH3 is 1. The van der Waals surface area contributed by atoms with Crippen molar-refractivity contribution >= 4 is 0 Å². The highest BCUT2D eigenvalue weighted by molar-refractivity contribution is 4.87. The van der Waals surface area contributed by atoms with Gasteiger partial charge in [-0.1, -0.05) is 20.8 Å². The van der Waals surface area contributed by atoms with Crippen LogP contribution in [0.4, 0.5) is 0 Å². The Bertz CT molecular complexity index is 185. The average molecular weight is 215 g/mol. The molecule has 90 valence electrons. The lowest BCUT2D eigenvalue weighted by molar-refractivity contribution is 0.0546. The molecule has 0 bridgehead atoms. The second-order valence-electron chi connectivity index (χ2n) is 5.69. The van der Waals surface area contributed by atoms with Gasteiger partial charge in [0.2, 0.25) is 0 Å². The van der Waals surface area contributed by atoms with E-state index in [9.17, 15) is 5.11 Å². The second kappa shape index (κ2) is 5.28.